The van der Waals surface area contributed by atoms with Gasteiger partial charge >= 0.3 is 0 Å². The Bertz CT molecular complexity index is 463. The molecule has 3 heterocycles. The Morgan fingerprint density at radius 2 is 2.05 bits per heavy atom. The summed E-state index contributed by atoms with van der Waals surface area (Å²) < 4.78 is 7.24. The number of nitrogens with one attached hydrogen (secondary N) is 1. The molecule has 2 unspecified atom stereocenters. The fourth-order valence-corrected chi connectivity index (χ4v) is 2.89. The van der Waals surface area contributed by atoms with Crippen LogP contribution in [0.5, 0.6) is 0 Å². The predicted molar refractivity (Wildman–Crippen MR) is 84.2 cm³/mol. The highest BCUT2D eigenvalue weighted by Crippen LogP contribution is 2.28. The molecule has 120 valence electrons. The van der Waals surface area contributed by atoms with Gasteiger partial charge in [-0.05, 0) is 0 Å². The molecule has 1 aromatic rings. The van der Waals surface area contributed by atoms with Crippen molar-refractivity contribution in [3.05, 3.63) is 18.2 Å². The zero-order valence-corrected chi connectivity index (χ0v) is 13.7. The van der Waals surface area contributed by atoms with E-state index in [2.05, 4.69) is 10.3 Å². The molecular weight excluding hydrogens is 315 g/mol. The first-order valence-electron chi connectivity index (χ1n) is 6.81. The predicted octanol–water partition coefficient (Wildman–Crippen LogP) is 0.425. The van der Waals surface area contributed by atoms with Crippen LogP contribution in [0.3, 0.4) is 0 Å². The number of rotatable bonds is 2. The molecule has 0 radical (unpaired) electrons. The monoisotopic (exact) mass is 336 g/mol. The highest BCUT2D eigenvalue weighted by molar-refractivity contribution is 5.85. The van der Waals surface area contributed by atoms with Gasteiger partial charge < -0.3 is 19.5 Å². The van der Waals surface area contributed by atoms with E-state index in [1.807, 2.05) is 22.7 Å². The summed E-state index contributed by atoms with van der Waals surface area (Å²) in [4.78, 5) is 18.9. The van der Waals surface area contributed by atoms with Crippen LogP contribution in [0.1, 0.15) is 11.6 Å². The molecule has 0 aliphatic carbocycles. The Morgan fingerprint density at radius 1 is 1.33 bits per heavy atom. The number of ether oxygens (including phenoxy) is 1. The molecule has 8 heteroatoms. The Balaban J connectivity index is 0.00000110. The summed E-state index contributed by atoms with van der Waals surface area (Å²) in [5, 5.41) is 3.32. The van der Waals surface area contributed by atoms with Crippen molar-refractivity contribution in [1.82, 2.24) is 19.8 Å². The first-order chi connectivity index (χ1) is 9.25. The zero-order chi connectivity index (χ0) is 13.2. The molecule has 1 N–H and O–H groups in total. The van der Waals surface area contributed by atoms with Crippen LogP contribution in [0.2, 0.25) is 0 Å². The van der Waals surface area contributed by atoms with Gasteiger partial charge in [-0.3, -0.25) is 4.79 Å². The van der Waals surface area contributed by atoms with Crippen LogP contribution < -0.4 is 5.32 Å². The Kier molecular flexibility index (Phi) is 6.93. The molecule has 6 nitrogen and oxygen atoms in total. The van der Waals surface area contributed by atoms with Crippen molar-refractivity contribution < 1.29 is 9.53 Å². The van der Waals surface area contributed by atoms with E-state index in [0.717, 1.165) is 18.8 Å². The number of aryl methyl sites for hydroxylation is 1. The van der Waals surface area contributed by atoms with E-state index in [0.29, 0.717) is 26.3 Å². The molecule has 2 aliphatic heterocycles. The van der Waals surface area contributed by atoms with E-state index in [1.165, 1.54) is 0 Å². The van der Waals surface area contributed by atoms with Gasteiger partial charge in [0.05, 0.1) is 31.2 Å². The van der Waals surface area contributed by atoms with Crippen LogP contribution in [0, 0.1) is 5.92 Å². The normalized spacial score (nSPS) is 25.1. The van der Waals surface area contributed by atoms with Gasteiger partial charge in [0.25, 0.3) is 0 Å². The minimum Gasteiger partial charge on any atom is -0.378 e. The highest BCUT2D eigenvalue weighted by atomic mass is 35.5. The molecule has 0 bridgehead atoms. The van der Waals surface area contributed by atoms with Crippen molar-refractivity contribution in [2.45, 2.75) is 5.92 Å². The van der Waals surface area contributed by atoms with Gasteiger partial charge in [0.15, 0.2) is 0 Å². The second-order valence-corrected chi connectivity index (χ2v) is 5.27. The van der Waals surface area contributed by atoms with Gasteiger partial charge in [0, 0.05) is 45.3 Å². The number of amides is 1. The number of hydrogen-bond acceptors (Lipinski definition) is 4. The van der Waals surface area contributed by atoms with Crippen LogP contribution >= 0.6 is 24.8 Å². The van der Waals surface area contributed by atoms with Crippen molar-refractivity contribution in [2.75, 3.05) is 39.4 Å². The number of carbonyl (C=O) groups excluding carboxylic acids is 1. The number of nitrogens with zero attached hydrogens (tertiary/aromatic N) is 3. The summed E-state index contributed by atoms with van der Waals surface area (Å²) >= 11 is 0. The largest absolute Gasteiger partial charge is 0.378 e. The molecule has 2 atom stereocenters. The molecule has 1 aromatic heterocycles. The maximum atomic E-state index is 12.6. The molecule has 2 saturated heterocycles. The van der Waals surface area contributed by atoms with E-state index < -0.39 is 0 Å². The van der Waals surface area contributed by atoms with Gasteiger partial charge in [-0.1, -0.05) is 0 Å². The van der Waals surface area contributed by atoms with Crippen LogP contribution in [-0.2, 0) is 16.6 Å². The fourth-order valence-electron chi connectivity index (χ4n) is 2.89. The molecular formula is C13H22Cl2N4O2. The first kappa shape index (κ1) is 18.2. The number of aromatic nitrogens is 2. The highest BCUT2D eigenvalue weighted by Gasteiger charge is 2.37. The van der Waals surface area contributed by atoms with Crippen molar-refractivity contribution in [3.63, 3.8) is 0 Å². The lowest BCUT2D eigenvalue weighted by Gasteiger charge is -2.30. The van der Waals surface area contributed by atoms with E-state index in [9.17, 15) is 4.79 Å². The maximum absolute atomic E-state index is 12.6. The van der Waals surface area contributed by atoms with Gasteiger partial charge in [-0.25, -0.2) is 4.98 Å². The molecule has 0 spiro atoms. The second kappa shape index (κ2) is 7.98. The SMILES string of the molecule is Cl.Cl.Cn1cnc(C2CNCC2C(=O)N2CCOCC2)c1. The van der Waals surface area contributed by atoms with Crippen molar-refractivity contribution in [2.24, 2.45) is 13.0 Å². The van der Waals surface area contributed by atoms with Gasteiger partial charge in [-0.2, -0.15) is 0 Å². The summed E-state index contributed by atoms with van der Waals surface area (Å²) in [6.07, 6.45) is 3.81. The zero-order valence-electron chi connectivity index (χ0n) is 12.0. The third-order valence-electron chi connectivity index (χ3n) is 3.96. The Morgan fingerprint density at radius 3 is 2.67 bits per heavy atom. The number of carbonyl (C=O) groups is 1. The van der Waals surface area contributed by atoms with E-state index in [1.54, 1.807) is 6.33 Å². The van der Waals surface area contributed by atoms with Crippen molar-refractivity contribution >= 4 is 30.7 Å². The third-order valence-corrected chi connectivity index (χ3v) is 3.96. The number of halogens is 2. The van der Waals surface area contributed by atoms with E-state index in [-0.39, 0.29) is 42.6 Å². The van der Waals surface area contributed by atoms with E-state index in [4.69, 9.17) is 4.74 Å². The minimum absolute atomic E-state index is 0. The molecule has 2 aliphatic rings. The fraction of sp³-hybridized carbons (Fsp3) is 0.692. The van der Waals surface area contributed by atoms with Gasteiger partial charge in [0.1, 0.15) is 0 Å². The number of morpholine rings is 1. The van der Waals surface area contributed by atoms with Crippen LogP contribution in [0.25, 0.3) is 0 Å². The Hall–Kier alpha value is -0.820. The Labute approximate surface area is 137 Å². The standard InChI is InChI=1S/C13H20N4O2.2ClH/c1-16-8-12(15-9-16)10-6-14-7-11(10)13(18)17-2-4-19-5-3-17;;/h8-11,14H,2-7H2,1H3;2*1H. The first-order valence-corrected chi connectivity index (χ1v) is 6.81. The smallest absolute Gasteiger partial charge is 0.227 e. The third kappa shape index (κ3) is 3.88. The molecule has 0 aromatic carbocycles. The van der Waals surface area contributed by atoms with Crippen LogP contribution in [0.4, 0.5) is 0 Å². The second-order valence-electron chi connectivity index (χ2n) is 5.27. The molecule has 2 fully saturated rings. The van der Waals surface area contributed by atoms with E-state index >= 15 is 0 Å². The summed E-state index contributed by atoms with van der Waals surface area (Å²) in [6, 6.07) is 0. The van der Waals surface area contributed by atoms with Gasteiger partial charge in [0.2, 0.25) is 5.91 Å². The average molecular weight is 337 g/mol. The quantitative estimate of drug-likeness (QED) is 0.850. The lowest BCUT2D eigenvalue weighted by Crippen LogP contribution is -2.45. The molecule has 1 amide bonds. The maximum Gasteiger partial charge on any atom is 0.227 e. The lowest BCUT2D eigenvalue weighted by molar-refractivity contribution is -0.139. The van der Waals surface area contributed by atoms with Gasteiger partial charge in [-0.15, -0.1) is 24.8 Å². The summed E-state index contributed by atoms with van der Waals surface area (Å²) in [5.74, 6) is 0.438. The topological polar surface area (TPSA) is 59.4 Å². The number of imidazole rings is 1. The number of hydrogen-bond donors (Lipinski definition) is 1. The summed E-state index contributed by atoms with van der Waals surface area (Å²) in [7, 11) is 1.96. The minimum atomic E-state index is 0. The molecule has 3 rings (SSSR count). The summed E-state index contributed by atoms with van der Waals surface area (Å²) in [6.45, 7) is 4.31. The van der Waals surface area contributed by atoms with Crippen molar-refractivity contribution in [1.29, 1.82) is 0 Å². The summed E-state index contributed by atoms with van der Waals surface area (Å²) in [5.41, 5.74) is 1.01. The van der Waals surface area contributed by atoms with Crippen molar-refractivity contribution in [3.8, 4) is 0 Å². The van der Waals surface area contributed by atoms with Crippen LogP contribution in [-0.4, -0.2) is 59.8 Å². The molecule has 0 saturated carbocycles. The lowest BCUT2D eigenvalue weighted by atomic mass is 9.92. The van der Waals surface area contributed by atoms with Crippen LogP contribution in [0.15, 0.2) is 12.5 Å². The average Bonchev–Trinajstić information content (AvgIpc) is 3.07. The molecule has 21 heavy (non-hydrogen) atoms.